The van der Waals surface area contributed by atoms with Crippen molar-refractivity contribution in [1.29, 1.82) is 0 Å². The monoisotopic (exact) mass is 303 g/mol. The van der Waals surface area contributed by atoms with Gasteiger partial charge in [-0.15, -0.1) is 15.3 Å². The molecule has 0 aliphatic heterocycles. The van der Waals surface area contributed by atoms with Crippen LogP contribution in [0, 0.1) is 0 Å². The maximum atomic E-state index is 11.6. The highest BCUT2D eigenvalue weighted by Gasteiger charge is 2.29. The van der Waals surface area contributed by atoms with Crippen molar-refractivity contribution in [2.75, 3.05) is 0 Å². The van der Waals surface area contributed by atoms with E-state index in [-0.39, 0.29) is 22.0 Å². The minimum absolute atomic E-state index is 0.204. The number of H-pyrrole nitrogens is 1. The molecule has 1 aliphatic carbocycles. The van der Waals surface area contributed by atoms with Gasteiger partial charge in [-0.05, 0) is 30.7 Å². The Hall–Kier alpha value is -1.05. The first-order chi connectivity index (χ1) is 8.65. The highest BCUT2D eigenvalue weighted by molar-refractivity contribution is 7.99. The number of rotatable bonds is 3. The molecule has 18 heavy (non-hydrogen) atoms. The van der Waals surface area contributed by atoms with Gasteiger partial charge in [0.05, 0.1) is 4.90 Å². The van der Waals surface area contributed by atoms with E-state index < -0.39 is 0 Å². The smallest absolute Gasteiger partial charge is 0.267 e. The molecule has 2 heterocycles. The Morgan fingerprint density at radius 3 is 2.89 bits per heavy atom. The van der Waals surface area contributed by atoms with Crippen LogP contribution in [0.4, 0.5) is 0 Å². The van der Waals surface area contributed by atoms with E-state index in [9.17, 15) is 4.79 Å². The molecular formula is C9H7Cl2N5OS. The molecule has 1 saturated carbocycles. The van der Waals surface area contributed by atoms with E-state index in [1.165, 1.54) is 11.8 Å². The molecular weight excluding hydrogens is 297 g/mol. The average Bonchev–Trinajstić information content (AvgIpc) is 3.10. The molecule has 2 aromatic heterocycles. The van der Waals surface area contributed by atoms with Crippen molar-refractivity contribution >= 4 is 35.0 Å². The Balaban J connectivity index is 1.97. The molecule has 2 aromatic rings. The number of nitrogens with one attached hydrogen (secondary N) is 1. The average molecular weight is 304 g/mol. The van der Waals surface area contributed by atoms with Crippen molar-refractivity contribution in [2.45, 2.75) is 28.9 Å². The molecule has 1 aliphatic rings. The van der Waals surface area contributed by atoms with Gasteiger partial charge in [0, 0.05) is 6.04 Å². The van der Waals surface area contributed by atoms with Gasteiger partial charge in [-0.1, -0.05) is 23.2 Å². The van der Waals surface area contributed by atoms with E-state index in [0.29, 0.717) is 10.1 Å². The van der Waals surface area contributed by atoms with Crippen molar-refractivity contribution < 1.29 is 0 Å². The van der Waals surface area contributed by atoms with Gasteiger partial charge in [-0.3, -0.25) is 4.57 Å². The molecule has 94 valence electrons. The molecule has 0 bridgehead atoms. The Labute approximate surface area is 116 Å². The van der Waals surface area contributed by atoms with E-state index >= 15 is 0 Å². The van der Waals surface area contributed by atoms with Crippen molar-refractivity contribution in [1.82, 2.24) is 25.0 Å². The number of aromatic amines is 1. The maximum Gasteiger partial charge on any atom is 0.344 e. The van der Waals surface area contributed by atoms with Gasteiger partial charge < -0.3 is 0 Å². The SMILES string of the molecule is O=c1[nH]nc(Sc2cc(Cl)nnc2Cl)n1C1CC1. The van der Waals surface area contributed by atoms with Gasteiger partial charge in [0.15, 0.2) is 15.5 Å². The third-order valence-electron chi connectivity index (χ3n) is 2.47. The third-order valence-corrected chi connectivity index (χ3v) is 4.05. The predicted molar refractivity (Wildman–Crippen MR) is 67.3 cm³/mol. The van der Waals surface area contributed by atoms with Gasteiger partial charge in [0.2, 0.25) is 0 Å². The highest BCUT2D eigenvalue weighted by atomic mass is 35.5. The molecule has 0 aromatic carbocycles. The second-order valence-corrected chi connectivity index (χ2v) is 5.59. The van der Waals surface area contributed by atoms with Crippen molar-refractivity contribution in [2.24, 2.45) is 0 Å². The number of nitrogens with zero attached hydrogens (tertiary/aromatic N) is 4. The topological polar surface area (TPSA) is 76.5 Å². The van der Waals surface area contributed by atoms with Crippen LogP contribution in [0.2, 0.25) is 10.3 Å². The number of aromatic nitrogens is 5. The van der Waals surface area contributed by atoms with Gasteiger partial charge >= 0.3 is 5.69 Å². The molecule has 0 saturated heterocycles. The first-order valence-electron chi connectivity index (χ1n) is 5.18. The van der Waals surface area contributed by atoms with Crippen molar-refractivity contribution in [3.05, 3.63) is 26.9 Å². The first kappa shape index (κ1) is 12.0. The molecule has 0 atom stereocenters. The van der Waals surface area contributed by atoms with E-state index in [1.807, 2.05) is 0 Å². The molecule has 1 N–H and O–H groups in total. The fraction of sp³-hybridized carbons (Fsp3) is 0.333. The molecule has 0 radical (unpaired) electrons. The zero-order valence-corrected chi connectivity index (χ0v) is 11.3. The summed E-state index contributed by atoms with van der Waals surface area (Å²) in [5, 5.41) is 14.8. The Bertz CT molecular complexity index is 651. The van der Waals surface area contributed by atoms with Gasteiger partial charge in [-0.25, -0.2) is 9.89 Å². The summed E-state index contributed by atoms with van der Waals surface area (Å²) in [5.74, 6) is 0. The van der Waals surface area contributed by atoms with Crippen LogP contribution in [-0.2, 0) is 0 Å². The highest BCUT2D eigenvalue weighted by Crippen LogP contribution is 2.38. The molecule has 0 amide bonds. The standard InChI is InChI=1S/C9H7Cl2N5OS/c10-6-3-5(7(11)13-12-6)18-9-15-14-8(17)16(9)4-1-2-4/h3-4H,1-2H2,(H,14,17). The fourth-order valence-electron chi connectivity index (χ4n) is 1.52. The van der Waals surface area contributed by atoms with Gasteiger partial charge in [-0.2, -0.15) is 0 Å². The zero-order chi connectivity index (χ0) is 12.7. The molecule has 6 nitrogen and oxygen atoms in total. The molecule has 0 spiro atoms. The second-order valence-electron chi connectivity index (χ2n) is 3.84. The van der Waals surface area contributed by atoms with Gasteiger partial charge in [0.25, 0.3) is 0 Å². The van der Waals surface area contributed by atoms with E-state index in [2.05, 4.69) is 20.4 Å². The summed E-state index contributed by atoms with van der Waals surface area (Å²) < 4.78 is 1.63. The summed E-state index contributed by atoms with van der Waals surface area (Å²) in [6.45, 7) is 0. The lowest BCUT2D eigenvalue weighted by molar-refractivity contribution is 0.642. The Morgan fingerprint density at radius 2 is 2.17 bits per heavy atom. The van der Waals surface area contributed by atoms with Crippen LogP contribution >= 0.6 is 35.0 Å². The number of halogens is 2. The quantitative estimate of drug-likeness (QED) is 0.940. The Kier molecular flexibility index (Phi) is 3.04. The minimum atomic E-state index is -0.204. The van der Waals surface area contributed by atoms with E-state index in [0.717, 1.165) is 12.8 Å². The summed E-state index contributed by atoms with van der Waals surface area (Å²) in [6.07, 6.45) is 1.99. The van der Waals surface area contributed by atoms with Crippen LogP contribution in [0.3, 0.4) is 0 Å². The summed E-state index contributed by atoms with van der Waals surface area (Å²) in [6, 6.07) is 1.83. The molecule has 3 rings (SSSR count). The van der Waals surface area contributed by atoms with Crippen LogP contribution in [-0.4, -0.2) is 25.0 Å². The lowest BCUT2D eigenvalue weighted by Crippen LogP contribution is -2.16. The van der Waals surface area contributed by atoms with Crippen molar-refractivity contribution in [3.8, 4) is 0 Å². The summed E-state index contributed by atoms with van der Waals surface area (Å²) >= 11 is 12.9. The van der Waals surface area contributed by atoms with E-state index in [4.69, 9.17) is 23.2 Å². The molecule has 1 fully saturated rings. The summed E-state index contributed by atoms with van der Waals surface area (Å²) in [4.78, 5) is 12.2. The maximum absolute atomic E-state index is 11.6. The van der Waals surface area contributed by atoms with Crippen LogP contribution < -0.4 is 5.69 Å². The van der Waals surface area contributed by atoms with Crippen LogP contribution in [0.25, 0.3) is 0 Å². The third kappa shape index (κ3) is 2.25. The van der Waals surface area contributed by atoms with Gasteiger partial charge in [0.1, 0.15) is 0 Å². The van der Waals surface area contributed by atoms with Crippen molar-refractivity contribution in [3.63, 3.8) is 0 Å². The minimum Gasteiger partial charge on any atom is -0.267 e. The lowest BCUT2D eigenvalue weighted by atomic mass is 10.6. The second kappa shape index (κ2) is 4.56. The molecule has 0 unspecified atom stereocenters. The zero-order valence-electron chi connectivity index (χ0n) is 8.93. The first-order valence-corrected chi connectivity index (χ1v) is 6.76. The van der Waals surface area contributed by atoms with Crippen LogP contribution in [0.1, 0.15) is 18.9 Å². The molecule has 9 heteroatoms. The summed E-state index contributed by atoms with van der Waals surface area (Å²) in [7, 11) is 0. The largest absolute Gasteiger partial charge is 0.344 e. The van der Waals surface area contributed by atoms with E-state index in [1.54, 1.807) is 10.6 Å². The normalized spacial score (nSPS) is 15.0. The number of hydrogen-bond donors (Lipinski definition) is 1. The lowest BCUT2D eigenvalue weighted by Gasteiger charge is -2.04. The van der Waals surface area contributed by atoms with Crippen LogP contribution in [0.15, 0.2) is 20.9 Å². The van der Waals surface area contributed by atoms with Crippen LogP contribution in [0.5, 0.6) is 0 Å². The fourth-order valence-corrected chi connectivity index (χ4v) is 2.86. The Morgan fingerprint density at radius 1 is 1.39 bits per heavy atom. The predicted octanol–water partition coefficient (Wildman–Crippen LogP) is 2.15. The summed E-state index contributed by atoms with van der Waals surface area (Å²) in [5.41, 5.74) is -0.204. The number of hydrogen-bond acceptors (Lipinski definition) is 5.